The van der Waals surface area contributed by atoms with Crippen LogP contribution in [0.5, 0.6) is 0 Å². The molecule has 0 aliphatic heterocycles. The largest absolute Gasteiger partial charge is 0.449 e. The molecule has 0 rings (SSSR count). The van der Waals surface area contributed by atoms with Gasteiger partial charge >= 0.3 is 6.09 Å². The molecule has 0 atom stereocenters. The first-order chi connectivity index (χ1) is 5.18. The lowest BCUT2D eigenvalue weighted by molar-refractivity contribution is 0.118. The molecule has 0 saturated heterocycles. The number of hydrogen-bond acceptors (Lipinski definition) is 2. The molecule has 0 N–H and O–H groups in total. The lowest BCUT2D eigenvalue weighted by atomic mass is 10.5. The number of carbonyl (C=O) groups excluding carboxylic acids is 1. The van der Waals surface area contributed by atoms with E-state index in [1.807, 2.05) is 20.8 Å². The number of ether oxygens (including phenoxy) is 1. The molecular weight excluding hydrogens is 142 g/mol. The number of hydrogen-bond donors (Lipinski definition) is 0. The van der Waals surface area contributed by atoms with Gasteiger partial charge < -0.3 is 9.64 Å². The Hall–Kier alpha value is -0.730. The minimum Gasteiger partial charge on any atom is -0.449 e. The Labute approximate surface area is 69.3 Å². The van der Waals surface area contributed by atoms with Crippen LogP contribution in [0.25, 0.3) is 0 Å². The smallest absolute Gasteiger partial charge is 0.409 e. The Kier molecular flexibility index (Phi) is 10.9. The highest BCUT2D eigenvalue weighted by Gasteiger charge is 2.01. The van der Waals surface area contributed by atoms with Crippen LogP contribution in [0.1, 0.15) is 27.2 Å². The van der Waals surface area contributed by atoms with E-state index >= 15 is 0 Å². The van der Waals surface area contributed by atoms with Crippen molar-refractivity contribution in [1.82, 2.24) is 4.90 Å². The van der Waals surface area contributed by atoms with Gasteiger partial charge in [0.05, 0.1) is 6.61 Å². The first-order valence-electron chi connectivity index (χ1n) is 4.02. The molecule has 0 aromatic rings. The van der Waals surface area contributed by atoms with Gasteiger partial charge in [-0.05, 0) is 6.42 Å². The summed E-state index contributed by atoms with van der Waals surface area (Å²) < 4.78 is 4.74. The van der Waals surface area contributed by atoms with Crippen molar-refractivity contribution in [1.29, 1.82) is 0 Å². The third-order valence-electron chi connectivity index (χ3n) is 0.795. The monoisotopic (exact) mass is 161 g/mol. The van der Waals surface area contributed by atoms with E-state index in [-0.39, 0.29) is 6.09 Å². The van der Waals surface area contributed by atoms with Crippen molar-refractivity contribution in [2.75, 3.05) is 20.7 Å². The van der Waals surface area contributed by atoms with Crippen molar-refractivity contribution >= 4 is 6.09 Å². The van der Waals surface area contributed by atoms with Crippen molar-refractivity contribution in [3.8, 4) is 0 Å². The molecule has 0 radical (unpaired) electrons. The Morgan fingerprint density at radius 1 is 1.36 bits per heavy atom. The molecule has 0 spiro atoms. The average molecular weight is 161 g/mol. The van der Waals surface area contributed by atoms with Gasteiger partial charge in [-0.1, -0.05) is 20.8 Å². The van der Waals surface area contributed by atoms with Gasteiger partial charge in [0.15, 0.2) is 0 Å². The highest BCUT2D eigenvalue weighted by Crippen LogP contribution is 1.86. The third-order valence-corrected chi connectivity index (χ3v) is 0.795. The number of nitrogens with zero attached hydrogens (tertiary/aromatic N) is 1. The normalized spacial score (nSPS) is 7.73. The first-order valence-corrected chi connectivity index (χ1v) is 4.02. The zero-order valence-electron chi connectivity index (χ0n) is 8.18. The van der Waals surface area contributed by atoms with Crippen LogP contribution in [0.15, 0.2) is 0 Å². The van der Waals surface area contributed by atoms with Crippen molar-refractivity contribution in [3.05, 3.63) is 0 Å². The summed E-state index contributed by atoms with van der Waals surface area (Å²) in [6.45, 7) is 6.47. The fourth-order valence-electron chi connectivity index (χ4n) is 0.318. The summed E-state index contributed by atoms with van der Waals surface area (Å²) >= 11 is 0. The van der Waals surface area contributed by atoms with Crippen LogP contribution >= 0.6 is 0 Å². The molecule has 0 aliphatic carbocycles. The Balaban J connectivity index is 0. The van der Waals surface area contributed by atoms with Crippen molar-refractivity contribution in [2.24, 2.45) is 0 Å². The fraction of sp³-hybridized carbons (Fsp3) is 0.875. The number of amides is 1. The third kappa shape index (κ3) is 9.27. The second-order valence-corrected chi connectivity index (χ2v) is 2.01. The molecule has 1 amide bonds. The van der Waals surface area contributed by atoms with Gasteiger partial charge in [0, 0.05) is 14.1 Å². The zero-order valence-corrected chi connectivity index (χ0v) is 8.18. The molecular formula is C8H19NO2. The Morgan fingerprint density at radius 2 is 1.82 bits per heavy atom. The van der Waals surface area contributed by atoms with E-state index in [2.05, 4.69) is 0 Å². The summed E-state index contributed by atoms with van der Waals surface area (Å²) in [5.41, 5.74) is 0. The summed E-state index contributed by atoms with van der Waals surface area (Å²) in [6, 6.07) is 0. The van der Waals surface area contributed by atoms with Crippen LogP contribution in [-0.4, -0.2) is 31.7 Å². The fourth-order valence-corrected chi connectivity index (χ4v) is 0.318. The maximum atomic E-state index is 10.6. The molecule has 0 saturated carbocycles. The predicted molar refractivity (Wildman–Crippen MR) is 46.7 cm³/mol. The maximum absolute atomic E-state index is 10.6. The van der Waals surface area contributed by atoms with Gasteiger partial charge in [-0.25, -0.2) is 4.79 Å². The van der Waals surface area contributed by atoms with E-state index in [4.69, 9.17) is 4.74 Å². The summed E-state index contributed by atoms with van der Waals surface area (Å²) in [7, 11) is 3.33. The second kappa shape index (κ2) is 9.27. The number of carbonyl (C=O) groups is 1. The van der Waals surface area contributed by atoms with E-state index in [9.17, 15) is 4.79 Å². The van der Waals surface area contributed by atoms with E-state index in [0.29, 0.717) is 6.61 Å². The van der Waals surface area contributed by atoms with Gasteiger partial charge in [-0.2, -0.15) is 0 Å². The molecule has 0 aliphatic rings. The molecule has 68 valence electrons. The van der Waals surface area contributed by atoms with Gasteiger partial charge in [-0.3, -0.25) is 0 Å². The zero-order chi connectivity index (χ0) is 9.28. The average Bonchev–Trinajstić information content (AvgIpc) is 2.03. The minimum atomic E-state index is -0.267. The molecule has 3 nitrogen and oxygen atoms in total. The van der Waals surface area contributed by atoms with E-state index < -0.39 is 0 Å². The lowest BCUT2D eigenvalue weighted by Crippen LogP contribution is -2.22. The van der Waals surface area contributed by atoms with E-state index in [1.54, 1.807) is 14.1 Å². The molecule has 3 heteroatoms. The molecule has 11 heavy (non-hydrogen) atoms. The van der Waals surface area contributed by atoms with E-state index in [1.165, 1.54) is 4.90 Å². The van der Waals surface area contributed by atoms with Crippen LogP contribution in [-0.2, 0) is 4.74 Å². The van der Waals surface area contributed by atoms with Crippen LogP contribution in [0.4, 0.5) is 4.79 Å². The molecule has 0 fully saturated rings. The molecule has 0 bridgehead atoms. The lowest BCUT2D eigenvalue weighted by Gasteiger charge is -2.09. The highest BCUT2D eigenvalue weighted by molar-refractivity contribution is 5.66. The topological polar surface area (TPSA) is 29.5 Å². The van der Waals surface area contributed by atoms with E-state index in [0.717, 1.165) is 6.42 Å². The summed E-state index contributed by atoms with van der Waals surface area (Å²) in [4.78, 5) is 12.0. The van der Waals surface area contributed by atoms with Crippen LogP contribution in [0.3, 0.4) is 0 Å². The summed E-state index contributed by atoms with van der Waals surface area (Å²) in [5.74, 6) is 0. The molecule has 0 aromatic heterocycles. The standard InChI is InChI=1S/C6H13NO2.C2H6/c1-4-5-9-6(8)7(2)3;1-2/h4-5H2,1-3H3;1-2H3. The van der Waals surface area contributed by atoms with Crippen molar-refractivity contribution < 1.29 is 9.53 Å². The number of rotatable bonds is 2. The summed E-state index contributed by atoms with van der Waals surface area (Å²) in [6.07, 6.45) is 0.608. The van der Waals surface area contributed by atoms with Crippen molar-refractivity contribution in [2.45, 2.75) is 27.2 Å². The highest BCUT2D eigenvalue weighted by atomic mass is 16.6. The molecule has 0 aromatic carbocycles. The SMILES string of the molecule is CC.CCCOC(=O)N(C)C. The van der Waals surface area contributed by atoms with Gasteiger partial charge in [0.1, 0.15) is 0 Å². The second-order valence-electron chi connectivity index (χ2n) is 2.01. The Morgan fingerprint density at radius 3 is 2.09 bits per heavy atom. The van der Waals surface area contributed by atoms with Gasteiger partial charge in [0.25, 0.3) is 0 Å². The maximum Gasteiger partial charge on any atom is 0.409 e. The Bertz CT molecular complexity index is 92.1. The van der Waals surface area contributed by atoms with Crippen molar-refractivity contribution in [3.63, 3.8) is 0 Å². The predicted octanol–water partition coefficient (Wildman–Crippen LogP) is 2.12. The van der Waals surface area contributed by atoms with Crippen LogP contribution in [0, 0.1) is 0 Å². The first kappa shape index (κ1) is 12.9. The van der Waals surface area contributed by atoms with Crippen LogP contribution < -0.4 is 0 Å². The van der Waals surface area contributed by atoms with Gasteiger partial charge in [0.2, 0.25) is 0 Å². The molecule has 0 unspecified atom stereocenters. The molecule has 0 heterocycles. The quantitative estimate of drug-likeness (QED) is 0.621. The minimum absolute atomic E-state index is 0.267. The van der Waals surface area contributed by atoms with Gasteiger partial charge in [-0.15, -0.1) is 0 Å². The summed E-state index contributed by atoms with van der Waals surface area (Å²) in [5, 5.41) is 0. The van der Waals surface area contributed by atoms with Crippen LogP contribution in [0.2, 0.25) is 0 Å².